The quantitative estimate of drug-likeness (QED) is 0.410. The van der Waals surface area contributed by atoms with Crippen molar-refractivity contribution in [3.05, 3.63) is 83.4 Å². The first kappa shape index (κ1) is 22.8. The van der Waals surface area contributed by atoms with Crippen LogP contribution in [0.3, 0.4) is 0 Å². The van der Waals surface area contributed by atoms with Crippen LogP contribution in [0.4, 0.5) is 0 Å². The van der Waals surface area contributed by atoms with Crippen molar-refractivity contribution in [3.63, 3.8) is 0 Å². The Morgan fingerprint density at radius 2 is 1.65 bits per heavy atom. The Hall–Kier alpha value is -4.40. The number of nitrogens with zero attached hydrogens (tertiary/aromatic N) is 4. The van der Waals surface area contributed by atoms with E-state index in [1.165, 1.54) is 4.80 Å². The smallest absolute Gasteiger partial charge is 0.251 e. The lowest BCUT2D eigenvalue weighted by atomic mass is 10.1. The average Bonchev–Trinajstić information content (AvgIpc) is 3.36. The van der Waals surface area contributed by atoms with Gasteiger partial charge in [0.15, 0.2) is 11.5 Å². The maximum atomic E-state index is 12.7. The number of carbonyl (C=O) groups is 1. The van der Waals surface area contributed by atoms with E-state index in [4.69, 9.17) is 14.2 Å². The summed E-state index contributed by atoms with van der Waals surface area (Å²) in [4.78, 5) is 14.3. The number of ether oxygens (including phenoxy) is 3. The first-order valence-corrected chi connectivity index (χ1v) is 10.6. The van der Waals surface area contributed by atoms with Crippen LogP contribution < -0.4 is 19.5 Å². The summed E-state index contributed by atoms with van der Waals surface area (Å²) < 4.78 is 15.7. The molecule has 1 N–H and O–H groups in total. The molecule has 0 fully saturated rings. The summed E-state index contributed by atoms with van der Waals surface area (Å²) in [7, 11) is 4.79. The van der Waals surface area contributed by atoms with Gasteiger partial charge in [0, 0.05) is 17.7 Å². The first-order chi connectivity index (χ1) is 16.6. The lowest BCUT2D eigenvalue weighted by Crippen LogP contribution is -2.22. The van der Waals surface area contributed by atoms with Crippen LogP contribution in [-0.2, 0) is 13.1 Å². The molecule has 0 saturated carbocycles. The van der Waals surface area contributed by atoms with Gasteiger partial charge in [-0.2, -0.15) is 4.80 Å². The summed E-state index contributed by atoms with van der Waals surface area (Å²) in [6, 6.07) is 20.3. The van der Waals surface area contributed by atoms with Crippen molar-refractivity contribution < 1.29 is 19.0 Å². The molecule has 0 bridgehead atoms. The van der Waals surface area contributed by atoms with Gasteiger partial charge in [0.2, 0.25) is 5.82 Å². The molecule has 0 spiro atoms. The number of carbonyl (C=O) groups excluding carboxylic acids is 1. The second-order valence-electron chi connectivity index (χ2n) is 7.44. The van der Waals surface area contributed by atoms with Gasteiger partial charge in [-0.1, -0.05) is 30.3 Å². The van der Waals surface area contributed by atoms with Crippen molar-refractivity contribution in [3.8, 4) is 28.6 Å². The molecular formula is C25H25N5O4. The molecular weight excluding hydrogens is 434 g/mol. The first-order valence-electron chi connectivity index (χ1n) is 10.6. The molecule has 0 aliphatic rings. The van der Waals surface area contributed by atoms with Gasteiger partial charge >= 0.3 is 0 Å². The molecule has 4 rings (SSSR count). The summed E-state index contributed by atoms with van der Waals surface area (Å²) in [5.74, 6) is 2.28. The number of rotatable bonds is 9. The molecule has 174 valence electrons. The van der Waals surface area contributed by atoms with Gasteiger partial charge in [-0.05, 0) is 52.7 Å². The number of benzene rings is 3. The standard InChI is InChI=1S/C25H25N5O4/c1-32-21-10-7-17(8-11-21)16-30-28-24(27-29-30)19-5-4-6-20(14-19)25(31)26-15-18-9-12-22(33-2)23(13-18)34-3/h4-14H,15-16H2,1-3H3,(H,26,31). The van der Waals surface area contributed by atoms with Crippen LogP contribution >= 0.6 is 0 Å². The predicted octanol–water partition coefficient (Wildman–Crippen LogP) is 3.34. The Balaban J connectivity index is 1.42. The molecule has 0 saturated heterocycles. The number of methoxy groups -OCH3 is 3. The number of hydrogen-bond acceptors (Lipinski definition) is 7. The molecule has 1 aromatic heterocycles. The number of nitrogens with one attached hydrogen (secondary N) is 1. The van der Waals surface area contributed by atoms with Crippen molar-refractivity contribution >= 4 is 5.91 Å². The van der Waals surface area contributed by atoms with E-state index in [1.54, 1.807) is 39.5 Å². The molecule has 0 aliphatic heterocycles. The highest BCUT2D eigenvalue weighted by Crippen LogP contribution is 2.27. The minimum Gasteiger partial charge on any atom is -0.497 e. The van der Waals surface area contributed by atoms with Gasteiger partial charge in [0.05, 0.1) is 27.9 Å². The van der Waals surface area contributed by atoms with Crippen LogP contribution in [0.25, 0.3) is 11.4 Å². The van der Waals surface area contributed by atoms with Crippen LogP contribution in [0.5, 0.6) is 17.2 Å². The molecule has 0 aliphatic carbocycles. The summed E-state index contributed by atoms with van der Waals surface area (Å²) in [5, 5.41) is 15.7. The maximum absolute atomic E-state index is 12.7. The van der Waals surface area contributed by atoms with Crippen LogP contribution in [0.2, 0.25) is 0 Å². The van der Waals surface area contributed by atoms with E-state index in [0.717, 1.165) is 16.9 Å². The molecule has 1 heterocycles. The van der Waals surface area contributed by atoms with Gasteiger partial charge in [0.25, 0.3) is 5.91 Å². The fraction of sp³-hybridized carbons (Fsp3) is 0.200. The number of hydrogen-bond donors (Lipinski definition) is 1. The monoisotopic (exact) mass is 459 g/mol. The average molecular weight is 460 g/mol. The topological polar surface area (TPSA) is 100 Å². The Labute approximate surface area is 197 Å². The SMILES string of the molecule is COc1ccc(Cn2nnc(-c3cccc(C(=O)NCc4ccc(OC)c(OC)c4)c3)n2)cc1. The van der Waals surface area contributed by atoms with E-state index in [0.29, 0.717) is 41.5 Å². The third-order valence-corrected chi connectivity index (χ3v) is 5.22. The van der Waals surface area contributed by atoms with Gasteiger partial charge in [-0.15, -0.1) is 10.2 Å². The summed E-state index contributed by atoms with van der Waals surface area (Å²) in [5.41, 5.74) is 3.13. The third kappa shape index (κ3) is 5.32. The molecule has 0 unspecified atom stereocenters. The molecule has 34 heavy (non-hydrogen) atoms. The van der Waals surface area contributed by atoms with E-state index in [2.05, 4.69) is 20.7 Å². The number of aromatic nitrogens is 4. The number of amides is 1. The molecule has 9 nitrogen and oxygen atoms in total. The van der Waals surface area contributed by atoms with Crippen LogP contribution in [0, 0.1) is 0 Å². The zero-order valence-electron chi connectivity index (χ0n) is 19.2. The second kappa shape index (κ2) is 10.5. The third-order valence-electron chi connectivity index (χ3n) is 5.22. The normalized spacial score (nSPS) is 10.6. The van der Waals surface area contributed by atoms with Crippen LogP contribution in [0.15, 0.2) is 66.7 Å². The molecule has 1 amide bonds. The van der Waals surface area contributed by atoms with Gasteiger partial charge in [-0.3, -0.25) is 4.79 Å². The van der Waals surface area contributed by atoms with Gasteiger partial charge < -0.3 is 19.5 Å². The second-order valence-corrected chi connectivity index (χ2v) is 7.44. The highest BCUT2D eigenvalue weighted by Gasteiger charge is 2.12. The molecule has 0 atom stereocenters. The molecule has 4 aromatic rings. The molecule has 0 radical (unpaired) electrons. The number of tetrazole rings is 1. The minimum atomic E-state index is -0.206. The summed E-state index contributed by atoms with van der Waals surface area (Å²) in [6.07, 6.45) is 0. The Morgan fingerprint density at radius 1 is 0.882 bits per heavy atom. The fourth-order valence-electron chi connectivity index (χ4n) is 3.39. The fourth-order valence-corrected chi connectivity index (χ4v) is 3.39. The van der Waals surface area contributed by atoms with Crippen LogP contribution in [-0.4, -0.2) is 47.4 Å². The highest BCUT2D eigenvalue weighted by molar-refractivity contribution is 5.95. The van der Waals surface area contributed by atoms with E-state index in [1.807, 2.05) is 48.5 Å². The minimum absolute atomic E-state index is 0.206. The van der Waals surface area contributed by atoms with E-state index >= 15 is 0 Å². The molecule has 3 aromatic carbocycles. The van der Waals surface area contributed by atoms with Crippen molar-refractivity contribution in [2.75, 3.05) is 21.3 Å². The largest absolute Gasteiger partial charge is 0.497 e. The van der Waals surface area contributed by atoms with E-state index < -0.39 is 0 Å². The van der Waals surface area contributed by atoms with Gasteiger partial charge in [0.1, 0.15) is 5.75 Å². The predicted molar refractivity (Wildman–Crippen MR) is 126 cm³/mol. The zero-order valence-corrected chi connectivity index (χ0v) is 19.2. The summed E-state index contributed by atoms with van der Waals surface area (Å²) in [6.45, 7) is 0.822. The van der Waals surface area contributed by atoms with Crippen LogP contribution in [0.1, 0.15) is 21.5 Å². The highest BCUT2D eigenvalue weighted by atomic mass is 16.5. The summed E-state index contributed by atoms with van der Waals surface area (Å²) >= 11 is 0. The van der Waals surface area contributed by atoms with Crippen molar-refractivity contribution in [2.24, 2.45) is 0 Å². The van der Waals surface area contributed by atoms with E-state index in [-0.39, 0.29) is 5.91 Å². The Morgan fingerprint density at radius 3 is 2.38 bits per heavy atom. The van der Waals surface area contributed by atoms with Gasteiger partial charge in [-0.25, -0.2) is 0 Å². The van der Waals surface area contributed by atoms with Crippen molar-refractivity contribution in [1.82, 2.24) is 25.5 Å². The molecule has 9 heteroatoms. The van der Waals surface area contributed by atoms with Crippen molar-refractivity contribution in [1.29, 1.82) is 0 Å². The Kier molecular flexibility index (Phi) is 7.02. The van der Waals surface area contributed by atoms with E-state index in [9.17, 15) is 4.79 Å². The van der Waals surface area contributed by atoms with Crippen molar-refractivity contribution in [2.45, 2.75) is 13.1 Å². The zero-order chi connectivity index (χ0) is 23.9. The maximum Gasteiger partial charge on any atom is 0.251 e. The Bertz CT molecular complexity index is 1270. The lowest BCUT2D eigenvalue weighted by molar-refractivity contribution is 0.0951. The lowest BCUT2D eigenvalue weighted by Gasteiger charge is -2.10.